The molecule has 0 saturated heterocycles. The zero-order valence-electron chi connectivity index (χ0n) is 12.2. The Balaban J connectivity index is 2.83. The Bertz CT molecular complexity index is 436. The van der Waals surface area contributed by atoms with Crippen molar-refractivity contribution in [2.24, 2.45) is 5.41 Å². The first-order valence-corrected chi connectivity index (χ1v) is 6.53. The highest BCUT2D eigenvalue weighted by Gasteiger charge is 2.17. The van der Waals surface area contributed by atoms with Crippen molar-refractivity contribution in [1.82, 2.24) is 0 Å². The Kier molecular flexibility index (Phi) is 5.21. The fourth-order valence-electron chi connectivity index (χ4n) is 1.54. The van der Waals surface area contributed by atoms with E-state index in [4.69, 9.17) is 15.2 Å². The summed E-state index contributed by atoms with van der Waals surface area (Å²) in [6.07, 6.45) is 0.879. The molecule has 0 aliphatic rings. The summed E-state index contributed by atoms with van der Waals surface area (Å²) in [7, 11) is 0. The predicted octanol–water partition coefficient (Wildman–Crippen LogP) is 3.26. The van der Waals surface area contributed by atoms with E-state index in [-0.39, 0.29) is 5.41 Å². The van der Waals surface area contributed by atoms with E-state index in [1.165, 1.54) is 0 Å². The van der Waals surface area contributed by atoms with Crippen molar-refractivity contribution >= 4 is 11.7 Å². The number of nitrogens with two attached hydrogens (primary N) is 1. The van der Waals surface area contributed by atoms with Crippen molar-refractivity contribution in [3.8, 4) is 5.75 Å². The number of hydrogen-bond acceptors (Lipinski definition) is 4. The molecule has 0 aliphatic heterocycles. The summed E-state index contributed by atoms with van der Waals surface area (Å²) >= 11 is 0. The minimum Gasteiger partial charge on any atom is -0.490 e. The van der Waals surface area contributed by atoms with Crippen LogP contribution in [0, 0.1) is 5.41 Å². The predicted molar refractivity (Wildman–Crippen MR) is 76.4 cm³/mol. The smallest absolute Gasteiger partial charge is 0.341 e. The molecule has 0 amide bonds. The maximum atomic E-state index is 11.8. The molecule has 1 aromatic rings. The maximum absolute atomic E-state index is 11.8. The normalized spacial score (nSPS) is 11.2. The lowest BCUT2D eigenvalue weighted by molar-refractivity contribution is 0.0521. The van der Waals surface area contributed by atoms with Crippen molar-refractivity contribution in [1.29, 1.82) is 0 Å². The minimum atomic E-state index is -0.402. The first-order valence-electron chi connectivity index (χ1n) is 6.53. The summed E-state index contributed by atoms with van der Waals surface area (Å²) < 4.78 is 10.7. The van der Waals surface area contributed by atoms with Gasteiger partial charge in [0.1, 0.15) is 5.56 Å². The third kappa shape index (κ3) is 4.81. The van der Waals surface area contributed by atoms with Gasteiger partial charge in [0, 0.05) is 0 Å². The number of anilines is 1. The number of carbonyl (C=O) groups is 1. The first kappa shape index (κ1) is 15.3. The second-order valence-electron chi connectivity index (χ2n) is 5.60. The molecule has 0 aromatic heterocycles. The number of nitrogen functional groups attached to an aromatic ring is 1. The average molecular weight is 265 g/mol. The number of hydrogen-bond donors (Lipinski definition) is 1. The summed E-state index contributed by atoms with van der Waals surface area (Å²) in [5.74, 6) is 0.0192. The molecule has 0 saturated carbocycles. The molecule has 106 valence electrons. The van der Waals surface area contributed by atoms with Crippen LogP contribution in [0.1, 0.15) is 44.5 Å². The van der Waals surface area contributed by atoms with Gasteiger partial charge < -0.3 is 15.2 Å². The van der Waals surface area contributed by atoms with Crippen LogP contribution in [0.4, 0.5) is 5.69 Å². The van der Waals surface area contributed by atoms with Crippen LogP contribution in [-0.4, -0.2) is 19.2 Å². The number of ether oxygens (including phenoxy) is 2. The Morgan fingerprint density at radius 3 is 2.58 bits per heavy atom. The first-order chi connectivity index (χ1) is 8.85. The number of carbonyl (C=O) groups excluding carboxylic acids is 1. The van der Waals surface area contributed by atoms with Crippen molar-refractivity contribution in [3.63, 3.8) is 0 Å². The van der Waals surface area contributed by atoms with Crippen LogP contribution in [0.15, 0.2) is 18.2 Å². The molecule has 0 unspecified atom stereocenters. The quantitative estimate of drug-likeness (QED) is 0.655. The van der Waals surface area contributed by atoms with Crippen molar-refractivity contribution in [2.75, 3.05) is 18.9 Å². The molecule has 0 heterocycles. The van der Waals surface area contributed by atoms with Crippen molar-refractivity contribution in [2.45, 2.75) is 34.1 Å². The zero-order valence-corrected chi connectivity index (χ0v) is 12.2. The lowest BCUT2D eigenvalue weighted by atomic mass is 9.93. The van der Waals surface area contributed by atoms with Gasteiger partial charge in [-0.15, -0.1) is 0 Å². The van der Waals surface area contributed by atoms with Crippen LogP contribution in [-0.2, 0) is 4.74 Å². The van der Waals surface area contributed by atoms with E-state index < -0.39 is 5.97 Å². The highest BCUT2D eigenvalue weighted by Crippen LogP contribution is 2.28. The Labute approximate surface area is 114 Å². The molecule has 0 radical (unpaired) electrons. The lowest BCUT2D eigenvalue weighted by Gasteiger charge is -2.19. The number of esters is 1. The molecule has 4 nitrogen and oxygen atoms in total. The molecule has 1 aromatic carbocycles. The summed E-state index contributed by atoms with van der Waals surface area (Å²) in [6.45, 7) is 9.02. The van der Waals surface area contributed by atoms with E-state index in [9.17, 15) is 4.79 Å². The van der Waals surface area contributed by atoms with Crippen LogP contribution in [0.25, 0.3) is 0 Å². The third-order valence-corrected chi connectivity index (χ3v) is 2.64. The van der Waals surface area contributed by atoms with Gasteiger partial charge in [-0.05, 0) is 30.9 Å². The van der Waals surface area contributed by atoms with Gasteiger partial charge in [0.25, 0.3) is 0 Å². The molecular weight excluding hydrogens is 242 g/mol. The van der Waals surface area contributed by atoms with Gasteiger partial charge in [0.15, 0.2) is 5.75 Å². The molecule has 0 fully saturated rings. The van der Waals surface area contributed by atoms with E-state index in [2.05, 4.69) is 20.8 Å². The number of para-hydroxylation sites is 1. The Morgan fingerprint density at radius 1 is 1.32 bits per heavy atom. The topological polar surface area (TPSA) is 61.5 Å². The SMILES string of the molecule is CCOC(=O)c1cccc(N)c1OCCC(C)(C)C. The van der Waals surface area contributed by atoms with E-state index in [0.717, 1.165) is 6.42 Å². The summed E-state index contributed by atoms with van der Waals surface area (Å²) in [6, 6.07) is 5.11. The summed E-state index contributed by atoms with van der Waals surface area (Å²) in [5, 5.41) is 0. The van der Waals surface area contributed by atoms with E-state index in [1.54, 1.807) is 25.1 Å². The Hall–Kier alpha value is -1.71. The molecule has 0 spiro atoms. The van der Waals surface area contributed by atoms with Gasteiger partial charge in [-0.25, -0.2) is 4.79 Å². The van der Waals surface area contributed by atoms with Gasteiger partial charge >= 0.3 is 5.97 Å². The maximum Gasteiger partial charge on any atom is 0.341 e. The largest absolute Gasteiger partial charge is 0.490 e. The fraction of sp³-hybridized carbons (Fsp3) is 0.533. The highest BCUT2D eigenvalue weighted by molar-refractivity contribution is 5.94. The standard InChI is InChI=1S/C15H23NO3/c1-5-18-14(17)11-7-6-8-12(16)13(11)19-10-9-15(2,3)4/h6-8H,5,9-10,16H2,1-4H3. The van der Waals surface area contributed by atoms with Gasteiger partial charge in [-0.3, -0.25) is 0 Å². The van der Waals surface area contributed by atoms with E-state index in [0.29, 0.717) is 30.2 Å². The molecule has 4 heteroatoms. The highest BCUT2D eigenvalue weighted by atomic mass is 16.5. The second kappa shape index (κ2) is 6.45. The van der Waals surface area contributed by atoms with Crippen molar-refractivity contribution in [3.05, 3.63) is 23.8 Å². The minimum absolute atomic E-state index is 0.174. The van der Waals surface area contributed by atoms with E-state index >= 15 is 0 Å². The monoisotopic (exact) mass is 265 g/mol. The molecule has 19 heavy (non-hydrogen) atoms. The van der Waals surface area contributed by atoms with Crippen LogP contribution >= 0.6 is 0 Å². The molecule has 0 atom stereocenters. The van der Waals surface area contributed by atoms with Crippen LogP contribution in [0.2, 0.25) is 0 Å². The van der Waals surface area contributed by atoms with Crippen LogP contribution < -0.4 is 10.5 Å². The van der Waals surface area contributed by atoms with Gasteiger partial charge in [-0.2, -0.15) is 0 Å². The molecule has 2 N–H and O–H groups in total. The van der Waals surface area contributed by atoms with Crippen molar-refractivity contribution < 1.29 is 14.3 Å². The van der Waals surface area contributed by atoms with Gasteiger partial charge in [-0.1, -0.05) is 26.8 Å². The van der Waals surface area contributed by atoms with Crippen LogP contribution in [0.5, 0.6) is 5.75 Å². The lowest BCUT2D eigenvalue weighted by Crippen LogP contribution is -2.14. The third-order valence-electron chi connectivity index (χ3n) is 2.64. The van der Waals surface area contributed by atoms with Gasteiger partial charge in [0.2, 0.25) is 0 Å². The number of rotatable bonds is 5. The zero-order chi connectivity index (χ0) is 14.5. The van der Waals surface area contributed by atoms with Gasteiger partial charge in [0.05, 0.1) is 18.9 Å². The Morgan fingerprint density at radius 2 is 2.00 bits per heavy atom. The van der Waals surface area contributed by atoms with E-state index in [1.807, 2.05) is 0 Å². The number of benzene rings is 1. The summed E-state index contributed by atoms with van der Waals surface area (Å²) in [5.41, 5.74) is 6.89. The van der Waals surface area contributed by atoms with Crippen LogP contribution in [0.3, 0.4) is 0 Å². The second-order valence-corrected chi connectivity index (χ2v) is 5.60. The molecule has 0 bridgehead atoms. The molecule has 0 aliphatic carbocycles. The summed E-state index contributed by atoms with van der Waals surface area (Å²) in [4.78, 5) is 11.8. The molecule has 1 rings (SSSR count). The average Bonchev–Trinajstić information content (AvgIpc) is 2.30. The molecular formula is C15H23NO3. The fourth-order valence-corrected chi connectivity index (χ4v) is 1.54.